The number of hydrogen-bond acceptors (Lipinski definition) is 1. The lowest BCUT2D eigenvalue weighted by Crippen LogP contribution is -2.30. The van der Waals surface area contributed by atoms with E-state index in [0.29, 0.717) is 5.92 Å². The molecule has 92 valence electrons. The van der Waals surface area contributed by atoms with Crippen molar-refractivity contribution in [2.75, 3.05) is 0 Å². The first-order chi connectivity index (χ1) is 8.74. The summed E-state index contributed by atoms with van der Waals surface area (Å²) in [6.45, 7) is 0. The van der Waals surface area contributed by atoms with E-state index < -0.39 is 0 Å². The van der Waals surface area contributed by atoms with Gasteiger partial charge in [0.15, 0.2) is 0 Å². The van der Waals surface area contributed by atoms with Crippen molar-refractivity contribution in [1.82, 2.24) is 0 Å². The van der Waals surface area contributed by atoms with E-state index in [1.807, 2.05) is 12.1 Å². The number of benzene rings is 2. The second kappa shape index (κ2) is 4.87. The van der Waals surface area contributed by atoms with Gasteiger partial charge >= 0.3 is 0 Å². The van der Waals surface area contributed by atoms with Crippen LogP contribution >= 0.6 is 15.9 Å². The Morgan fingerprint density at radius 2 is 1.83 bits per heavy atom. The maximum atomic E-state index is 10.3. The Kier molecular flexibility index (Phi) is 3.23. The summed E-state index contributed by atoms with van der Waals surface area (Å²) < 4.78 is 1.08. The first-order valence-electron chi connectivity index (χ1n) is 6.24. The summed E-state index contributed by atoms with van der Waals surface area (Å²) in [4.78, 5) is 0. The molecular weight excluding hydrogens is 288 g/mol. The summed E-state index contributed by atoms with van der Waals surface area (Å²) in [5.74, 6) is 0.310. The van der Waals surface area contributed by atoms with E-state index in [2.05, 4.69) is 52.3 Å². The monoisotopic (exact) mass is 302 g/mol. The third kappa shape index (κ3) is 2.23. The number of hydrogen-bond donors (Lipinski definition) is 1. The molecule has 0 saturated carbocycles. The average Bonchev–Trinajstić information content (AvgIpc) is 2.34. The molecule has 2 aromatic carbocycles. The standard InChI is InChI=1S/C16H15BrO/c17-13-7-5-11(6-8-13)9-16(18)15-10-12-3-1-2-4-14(12)15/h1-8,15-16,18H,9-10H2. The van der Waals surface area contributed by atoms with Crippen LogP contribution in [0, 0.1) is 0 Å². The third-order valence-electron chi connectivity index (χ3n) is 3.72. The molecule has 0 fully saturated rings. The highest BCUT2D eigenvalue weighted by atomic mass is 79.9. The Morgan fingerprint density at radius 3 is 2.56 bits per heavy atom. The van der Waals surface area contributed by atoms with Crippen molar-refractivity contribution < 1.29 is 5.11 Å². The molecule has 0 bridgehead atoms. The van der Waals surface area contributed by atoms with Crippen molar-refractivity contribution in [2.24, 2.45) is 0 Å². The number of halogens is 1. The van der Waals surface area contributed by atoms with Gasteiger partial charge in [0.1, 0.15) is 0 Å². The fourth-order valence-electron chi connectivity index (χ4n) is 2.65. The van der Waals surface area contributed by atoms with Crippen molar-refractivity contribution >= 4 is 15.9 Å². The van der Waals surface area contributed by atoms with E-state index >= 15 is 0 Å². The van der Waals surface area contributed by atoms with Crippen molar-refractivity contribution in [3.63, 3.8) is 0 Å². The zero-order valence-electron chi connectivity index (χ0n) is 10.0. The van der Waals surface area contributed by atoms with Crippen LogP contribution in [0.4, 0.5) is 0 Å². The van der Waals surface area contributed by atoms with Gasteiger partial charge in [0.05, 0.1) is 6.10 Å². The lowest BCUT2D eigenvalue weighted by Gasteiger charge is -2.34. The SMILES string of the molecule is OC(Cc1ccc(Br)cc1)C1Cc2ccccc21. The molecule has 0 amide bonds. The van der Waals surface area contributed by atoms with Crippen molar-refractivity contribution in [2.45, 2.75) is 24.9 Å². The van der Waals surface area contributed by atoms with Crippen LogP contribution in [-0.2, 0) is 12.8 Å². The Morgan fingerprint density at radius 1 is 1.11 bits per heavy atom. The van der Waals surface area contributed by atoms with Gasteiger partial charge in [-0.3, -0.25) is 0 Å². The normalized spacial score (nSPS) is 18.9. The zero-order chi connectivity index (χ0) is 12.5. The highest BCUT2D eigenvalue weighted by Gasteiger charge is 2.31. The number of rotatable bonds is 3. The van der Waals surface area contributed by atoms with Gasteiger partial charge in [-0.2, -0.15) is 0 Å². The van der Waals surface area contributed by atoms with Gasteiger partial charge in [0.2, 0.25) is 0 Å². The van der Waals surface area contributed by atoms with E-state index in [1.165, 1.54) is 16.7 Å². The quantitative estimate of drug-likeness (QED) is 0.917. The molecule has 1 aliphatic rings. The second-order valence-corrected chi connectivity index (χ2v) is 5.82. The summed E-state index contributed by atoms with van der Waals surface area (Å²) in [7, 11) is 0. The maximum Gasteiger partial charge on any atom is 0.0652 e. The van der Waals surface area contributed by atoms with Crippen LogP contribution in [0.1, 0.15) is 22.6 Å². The highest BCUT2D eigenvalue weighted by molar-refractivity contribution is 9.10. The van der Waals surface area contributed by atoms with Crippen LogP contribution in [-0.4, -0.2) is 11.2 Å². The smallest absolute Gasteiger partial charge is 0.0652 e. The number of aliphatic hydroxyl groups excluding tert-OH is 1. The number of fused-ring (bicyclic) bond motifs is 1. The minimum Gasteiger partial charge on any atom is -0.392 e. The van der Waals surface area contributed by atoms with E-state index in [0.717, 1.165) is 17.3 Å². The molecule has 0 aromatic heterocycles. The van der Waals surface area contributed by atoms with Crippen molar-refractivity contribution in [3.05, 3.63) is 69.7 Å². The summed E-state index contributed by atoms with van der Waals surface area (Å²) in [6.07, 6.45) is 1.46. The molecule has 2 unspecified atom stereocenters. The molecule has 2 atom stereocenters. The fraction of sp³-hybridized carbons (Fsp3) is 0.250. The molecule has 18 heavy (non-hydrogen) atoms. The summed E-state index contributed by atoms with van der Waals surface area (Å²) >= 11 is 3.42. The van der Waals surface area contributed by atoms with Crippen LogP contribution in [0.3, 0.4) is 0 Å². The lowest BCUT2D eigenvalue weighted by atomic mass is 9.73. The molecule has 0 radical (unpaired) electrons. The van der Waals surface area contributed by atoms with Gasteiger partial charge in [-0.15, -0.1) is 0 Å². The molecule has 0 aliphatic heterocycles. The number of aliphatic hydroxyl groups is 1. The van der Waals surface area contributed by atoms with Crippen LogP contribution in [0.15, 0.2) is 53.0 Å². The molecule has 0 saturated heterocycles. The zero-order valence-corrected chi connectivity index (χ0v) is 11.6. The first kappa shape index (κ1) is 11.9. The summed E-state index contributed by atoms with van der Waals surface area (Å²) in [5, 5.41) is 10.3. The Bertz CT molecular complexity index is 547. The summed E-state index contributed by atoms with van der Waals surface area (Å²) in [6, 6.07) is 16.6. The largest absolute Gasteiger partial charge is 0.392 e. The molecule has 0 heterocycles. The van der Waals surface area contributed by atoms with Crippen molar-refractivity contribution in [3.8, 4) is 0 Å². The van der Waals surface area contributed by atoms with E-state index in [1.54, 1.807) is 0 Å². The Balaban J connectivity index is 1.70. The molecular formula is C16H15BrO. The minimum atomic E-state index is -0.277. The van der Waals surface area contributed by atoms with Gasteiger partial charge in [-0.25, -0.2) is 0 Å². The predicted octanol–water partition coefficient (Wildman–Crippen LogP) is 3.69. The molecule has 1 N–H and O–H groups in total. The van der Waals surface area contributed by atoms with Gasteiger partial charge in [0, 0.05) is 10.4 Å². The molecule has 0 spiro atoms. The molecule has 2 aromatic rings. The lowest BCUT2D eigenvalue weighted by molar-refractivity contribution is 0.133. The van der Waals surface area contributed by atoms with Crippen molar-refractivity contribution in [1.29, 1.82) is 0 Å². The predicted molar refractivity (Wildman–Crippen MR) is 76.7 cm³/mol. The Labute approximate surface area is 116 Å². The fourth-order valence-corrected chi connectivity index (χ4v) is 2.91. The van der Waals surface area contributed by atoms with Gasteiger partial charge in [-0.05, 0) is 41.7 Å². The van der Waals surface area contributed by atoms with Crippen LogP contribution < -0.4 is 0 Å². The molecule has 1 nitrogen and oxygen atoms in total. The highest BCUT2D eigenvalue weighted by Crippen LogP contribution is 2.38. The van der Waals surface area contributed by atoms with E-state index in [9.17, 15) is 5.11 Å². The minimum absolute atomic E-state index is 0.277. The molecule has 3 rings (SSSR count). The van der Waals surface area contributed by atoms with Crippen LogP contribution in [0.2, 0.25) is 0 Å². The van der Waals surface area contributed by atoms with E-state index in [-0.39, 0.29) is 6.10 Å². The summed E-state index contributed by atoms with van der Waals surface area (Å²) in [5.41, 5.74) is 3.90. The molecule has 2 heteroatoms. The van der Waals surface area contributed by atoms with Gasteiger partial charge < -0.3 is 5.11 Å². The second-order valence-electron chi connectivity index (χ2n) is 4.91. The van der Waals surface area contributed by atoms with Crippen LogP contribution in [0.5, 0.6) is 0 Å². The van der Waals surface area contributed by atoms with Crippen LogP contribution in [0.25, 0.3) is 0 Å². The maximum absolute atomic E-state index is 10.3. The van der Waals surface area contributed by atoms with Gasteiger partial charge in [-0.1, -0.05) is 52.3 Å². The van der Waals surface area contributed by atoms with Gasteiger partial charge in [0.25, 0.3) is 0 Å². The topological polar surface area (TPSA) is 20.2 Å². The molecule has 1 aliphatic carbocycles. The van der Waals surface area contributed by atoms with E-state index in [4.69, 9.17) is 0 Å². The third-order valence-corrected chi connectivity index (χ3v) is 4.25. The average molecular weight is 303 g/mol. The first-order valence-corrected chi connectivity index (χ1v) is 7.03. The Hall–Kier alpha value is -1.12.